The summed E-state index contributed by atoms with van der Waals surface area (Å²) in [5.74, 6) is 0.427. The molecule has 18 heavy (non-hydrogen) atoms. The van der Waals surface area contributed by atoms with Gasteiger partial charge in [0.05, 0.1) is 11.3 Å². The Balaban J connectivity index is 2.71. The first-order valence-electron chi connectivity index (χ1n) is 5.76. The zero-order valence-electron chi connectivity index (χ0n) is 10.4. The zero-order chi connectivity index (χ0) is 13.1. The fourth-order valence-corrected chi connectivity index (χ4v) is 1.92. The number of nitrogen functional groups attached to an aromatic ring is 1. The SMILES string of the molecule is CCc1nnc(-n2cncn2)c(C(=N)N)c1CC. The Kier molecular flexibility index (Phi) is 3.31. The summed E-state index contributed by atoms with van der Waals surface area (Å²) in [6.45, 7) is 4.01. The number of nitrogens with one attached hydrogen (secondary N) is 1. The summed E-state index contributed by atoms with van der Waals surface area (Å²) in [6.07, 6.45) is 4.43. The van der Waals surface area contributed by atoms with Crippen molar-refractivity contribution >= 4 is 5.84 Å². The van der Waals surface area contributed by atoms with Crippen LogP contribution in [0.2, 0.25) is 0 Å². The standard InChI is InChI=1S/C11H15N7/c1-3-7-8(4-2)16-17-11(9(7)10(12)13)18-6-14-5-15-18/h5-6H,3-4H2,1-2H3,(H3,12,13). The van der Waals surface area contributed by atoms with Crippen molar-refractivity contribution in [3.63, 3.8) is 0 Å². The van der Waals surface area contributed by atoms with Gasteiger partial charge in [-0.15, -0.1) is 5.10 Å². The summed E-state index contributed by atoms with van der Waals surface area (Å²) in [7, 11) is 0. The zero-order valence-corrected chi connectivity index (χ0v) is 10.4. The van der Waals surface area contributed by atoms with Gasteiger partial charge in [0.25, 0.3) is 0 Å². The molecule has 2 heterocycles. The lowest BCUT2D eigenvalue weighted by atomic mass is 10.0. The molecule has 0 spiro atoms. The van der Waals surface area contributed by atoms with Crippen molar-refractivity contribution < 1.29 is 0 Å². The highest BCUT2D eigenvalue weighted by Gasteiger charge is 2.18. The quantitative estimate of drug-likeness (QED) is 0.601. The Hall–Kier alpha value is -2.31. The van der Waals surface area contributed by atoms with Gasteiger partial charge in [0.2, 0.25) is 0 Å². The van der Waals surface area contributed by atoms with E-state index in [9.17, 15) is 0 Å². The lowest BCUT2D eigenvalue weighted by Gasteiger charge is -2.13. The number of aromatic nitrogens is 5. The van der Waals surface area contributed by atoms with E-state index in [1.807, 2.05) is 13.8 Å². The number of hydrogen-bond donors (Lipinski definition) is 2. The van der Waals surface area contributed by atoms with Crippen LogP contribution in [0.3, 0.4) is 0 Å². The van der Waals surface area contributed by atoms with Crippen LogP contribution in [-0.4, -0.2) is 30.8 Å². The van der Waals surface area contributed by atoms with Gasteiger partial charge in [-0.2, -0.15) is 10.2 Å². The number of aryl methyl sites for hydroxylation is 1. The fraction of sp³-hybridized carbons (Fsp3) is 0.364. The third-order valence-corrected chi connectivity index (χ3v) is 2.73. The second-order valence-electron chi connectivity index (χ2n) is 3.78. The van der Waals surface area contributed by atoms with Crippen LogP contribution in [0.15, 0.2) is 12.7 Å². The first-order chi connectivity index (χ1) is 8.69. The van der Waals surface area contributed by atoms with Gasteiger partial charge >= 0.3 is 0 Å². The maximum absolute atomic E-state index is 7.74. The average Bonchev–Trinajstić information content (AvgIpc) is 2.90. The summed E-state index contributed by atoms with van der Waals surface area (Å²) in [6, 6.07) is 0. The molecule has 2 aromatic heterocycles. The van der Waals surface area contributed by atoms with E-state index in [-0.39, 0.29) is 5.84 Å². The Labute approximate surface area is 105 Å². The molecule has 0 fully saturated rings. The van der Waals surface area contributed by atoms with E-state index in [4.69, 9.17) is 11.1 Å². The molecule has 0 saturated carbocycles. The number of rotatable bonds is 4. The number of hydrogen-bond acceptors (Lipinski definition) is 5. The van der Waals surface area contributed by atoms with E-state index in [0.29, 0.717) is 11.4 Å². The van der Waals surface area contributed by atoms with Gasteiger partial charge in [-0.1, -0.05) is 13.8 Å². The molecule has 3 N–H and O–H groups in total. The fourth-order valence-electron chi connectivity index (χ4n) is 1.92. The molecule has 0 atom stereocenters. The molecule has 0 amide bonds. The van der Waals surface area contributed by atoms with Gasteiger partial charge in [0.1, 0.15) is 18.5 Å². The highest BCUT2D eigenvalue weighted by Crippen LogP contribution is 2.18. The minimum absolute atomic E-state index is 0.0260. The highest BCUT2D eigenvalue weighted by molar-refractivity contribution is 5.99. The van der Waals surface area contributed by atoms with Crippen molar-refractivity contribution in [2.24, 2.45) is 5.73 Å². The first kappa shape index (κ1) is 12.2. The van der Waals surface area contributed by atoms with Crippen LogP contribution >= 0.6 is 0 Å². The van der Waals surface area contributed by atoms with Crippen LogP contribution in [0.1, 0.15) is 30.7 Å². The molecular weight excluding hydrogens is 230 g/mol. The molecule has 2 aromatic rings. The Bertz CT molecular complexity index is 559. The van der Waals surface area contributed by atoms with Crippen molar-refractivity contribution in [2.75, 3.05) is 0 Å². The van der Waals surface area contributed by atoms with Gasteiger partial charge < -0.3 is 5.73 Å². The molecule has 7 nitrogen and oxygen atoms in total. The van der Waals surface area contributed by atoms with Gasteiger partial charge in [-0.3, -0.25) is 5.41 Å². The molecule has 0 aliphatic heterocycles. The van der Waals surface area contributed by atoms with Crippen LogP contribution < -0.4 is 5.73 Å². The van der Waals surface area contributed by atoms with E-state index in [1.165, 1.54) is 17.3 Å². The minimum Gasteiger partial charge on any atom is -0.384 e. The molecule has 0 radical (unpaired) electrons. The third-order valence-electron chi connectivity index (χ3n) is 2.73. The topological polar surface area (TPSA) is 106 Å². The number of nitrogens with two attached hydrogens (primary N) is 1. The predicted molar refractivity (Wildman–Crippen MR) is 66.7 cm³/mol. The van der Waals surface area contributed by atoms with Crippen molar-refractivity contribution in [3.05, 3.63) is 29.5 Å². The summed E-state index contributed by atoms with van der Waals surface area (Å²) < 4.78 is 1.47. The smallest absolute Gasteiger partial charge is 0.188 e. The molecular formula is C11H15N7. The molecule has 2 rings (SSSR count). The van der Waals surface area contributed by atoms with E-state index < -0.39 is 0 Å². The molecule has 0 aliphatic carbocycles. The van der Waals surface area contributed by atoms with Crippen LogP contribution in [-0.2, 0) is 12.8 Å². The molecule has 0 unspecified atom stereocenters. The molecule has 0 bridgehead atoms. The largest absolute Gasteiger partial charge is 0.384 e. The Morgan fingerprint density at radius 1 is 1.33 bits per heavy atom. The monoisotopic (exact) mass is 245 g/mol. The van der Waals surface area contributed by atoms with E-state index in [0.717, 1.165) is 24.1 Å². The maximum Gasteiger partial charge on any atom is 0.188 e. The summed E-state index contributed by atoms with van der Waals surface area (Å²) in [4.78, 5) is 3.87. The van der Waals surface area contributed by atoms with Crippen LogP contribution in [0.4, 0.5) is 0 Å². The Morgan fingerprint density at radius 2 is 2.11 bits per heavy atom. The average molecular weight is 245 g/mol. The number of nitrogens with zero attached hydrogens (tertiary/aromatic N) is 5. The summed E-state index contributed by atoms with van der Waals surface area (Å²) in [5.41, 5.74) is 8.08. The first-order valence-corrected chi connectivity index (χ1v) is 5.76. The third kappa shape index (κ3) is 1.94. The predicted octanol–water partition coefficient (Wildman–Crippen LogP) is 0.466. The molecule has 7 heteroatoms. The Morgan fingerprint density at radius 3 is 2.61 bits per heavy atom. The van der Waals surface area contributed by atoms with Crippen molar-refractivity contribution in [2.45, 2.75) is 26.7 Å². The van der Waals surface area contributed by atoms with Crippen molar-refractivity contribution in [1.82, 2.24) is 25.0 Å². The van der Waals surface area contributed by atoms with Crippen LogP contribution in [0.5, 0.6) is 0 Å². The number of amidine groups is 1. The lowest BCUT2D eigenvalue weighted by molar-refractivity contribution is 0.778. The van der Waals surface area contributed by atoms with Crippen LogP contribution in [0, 0.1) is 5.41 Å². The van der Waals surface area contributed by atoms with Gasteiger partial charge in [-0.25, -0.2) is 9.67 Å². The van der Waals surface area contributed by atoms with E-state index >= 15 is 0 Å². The molecule has 0 saturated heterocycles. The van der Waals surface area contributed by atoms with Crippen LogP contribution in [0.25, 0.3) is 5.82 Å². The highest BCUT2D eigenvalue weighted by atomic mass is 15.4. The van der Waals surface area contributed by atoms with Crippen molar-refractivity contribution in [3.8, 4) is 5.82 Å². The normalized spacial score (nSPS) is 10.6. The second kappa shape index (κ2) is 4.91. The molecule has 0 aliphatic rings. The second-order valence-corrected chi connectivity index (χ2v) is 3.78. The maximum atomic E-state index is 7.74. The lowest BCUT2D eigenvalue weighted by Crippen LogP contribution is -2.21. The van der Waals surface area contributed by atoms with Gasteiger partial charge in [0, 0.05) is 0 Å². The summed E-state index contributed by atoms with van der Waals surface area (Å²) in [5, 5.41) is 20.0. The van der Waals surface area contributed by atoms with E-state index in [2.05, 4.69) is 20.3 Å². The summed E-state index contributed by atoms with van der Waals surface area (Å²) >= 11 is 0. The molecule has 94 valence electrons. The minimum atomic E-state index is -0.0260. The van der Waals surface area contributed by atoms with Gasteiger partial charge in [0.15, 0.2) is 5.82 Å². The molecule has 0 aromatic carbocycles. The van der Waals surface area contributed by atoms with E-state index in [1.54, 1.807) is 0 Å². The van der Waals surface area contributed by atoms with Crippen molar-refractivity contribution in [1.29, 1.82) is 5.41 Å². The van der Waals surface area contributed by atoms with Gasteiger partial charge in [-0.05, 0) is 18.4 Å².